The molecule has 0 spiro atoms. The lowest BCUT2D eigenvalue weighted by Gasteiger charge is -2.45. The molecule has 0 saturated carbocycles. The normalized spacial score (nSPS) is 16.6. The van der Waals surface area contributed by atoms with E-state index in [1.165, 1.54) is 29.4 Å². The summed E-state index contributed by atoms with van der Waals surface area (Å²) in [5.74, 6) is -0.834. The van der Waals surface area contributed by atoms with Gasteiger partial charge in [0.15, 0.2) is 5.69 Å². The fourth-order valence-electron chi connectivity index (χ4n) is 6.03. The first-order chi connectivity index (χ1) is 24.0. The topological polar surface area (TPSA) is 165 Å². The van der Waals surface area contributed by atoms with Crippen LogP contribution in [-0.2, 0) is 22.2 Å². The Morgan fingerprint density at radius 3 is 2.51 bits per heavy atom. The molecule has 2 atom stereocenters. The number of morpholine rings is 1. The van der Waals surface area contributed by atoms with E-state index in [0.717, 1.165) is 16.7 Å². The van der Waals surface area contributed by atoms with Crippen LogP contribution in [0.1, 0.15) is 50.7 Å². The van der Waals surface area contributed by atoms with Gasteiger partial charge < -0.3 is 24.5 Å². The summed E-state index contributed by atoms with van der Waals surface area (Å²) in [5.41, 5.74) is -1.33. The molecule has 0 bridgehead atoms. The summed E-state index contributed by atoms with van der Waals surface area (Å²) in [6.45, 7) is 9.74. The van der Waals surface area contributed by atoms with Gasteiger partial charge in [0.2, 0.25) is 5.43 Å². The minimum atomic E-state index is -4.70. The van der Waals surface area contributed by atoms with Crippen molar-refractivity contribution < 1.29 is 42.1 Å². The molecule has 1 aliphatic heterocycles. The number of benzene rings is 1. The number of hydrogen-bond donors (Lipinski definition) is 3. The Kier molecular flexibility index (Phi) is 10.7. The van der Waals surface area contributed by atoms with E-state index in [-0.39, 0.29) is 53.6 Å². The SMILES string of the molecule is CCNC(=O)Nc1cc(-c2nc(C(F)(F)F)cs2)c(-c2ccc3c(c2)c(=O)c(C(=O)OCC)cn3CC2[C@H](C(C)(C)C)OCCN2C(=O)O)cn1. The second-order valence-corrected chi connectivity index (χ2v) is 13.7. The zero-order chi connectivity index (χ0) is 37.2. The van der Waals surface area contributed by atoms with Crippen LogP contribution in [-0.4, -0.2) is 81.1 Å². The molecule has 4 heterocycles. The summed E-state index contributed by atoms with van der Waals surface area (Å²) >= 11 is 0.743. The minimum absolute atomic E-state index is 0.00880. The molecule has 272 valence electrons. The van der Waals surface area contributed by atoms with Gasteiger partial charge in [-0.05, 0) is 43.0 Å². The van der Waals surface area contributed by atoms with Crippen LogP contribution in [0.15, 0.2) is 46.8 Å². The van der Waals surface area contributed by atoms with Crippen molar-refractivity contribution in [2.75, 3.05) is 31.6 Å². The molecule has 17 heteroatoms. The third-order valence-corrected chi connectivity index (χ3v) is 9.13. The Hall–Kier alpha value is -5.03. The van der Waals surface area contributed by atoms with Crippen molar-refractivity contribution in [1.29, 1.82) is 0 Å². The highest BCUT2D eigenvalue weighted by Gasteiger charge is 2.42. The average Bonchev–Trinajstić information content (AvgIpc) is 3.57. The van der Waals surface area contributed by atoms with Crippen molar-refractivity contribution in [1.82, 2.24) is 24.8 Å². The molecule has 4 aromatic rings. The van der Waals surface area contributed by atoms with Gasteiger partial charge >= 0.3 is 24.3 Å². The number of thiazole rings is 1. The lowest BCUT2D eigenvalue weighted by molar-refractivity contribution is -0.140. The molecule has 5 rings (SSSR count). The average molecular weight is 731 g/mol. The maximum absolute atomic E-state index is 13.9. The number of carboxylic acid groups (broad SMARTS) is 1. The van der Waals surface area contributed by atoms with E-state index in [9.17, 15) is 37.5 Å². The van der Waals surface area contributed by atoms with E-state index >= 15 is 0 Å². The predicted molar refractivity (Wildman–Crippen MR) is 184 cm³/mol. The number of esters is 1. The number of nitrogens with zero attached hydrogens (tertiary/aromatic N) is 4. The molecule has 3 aromatic heterocycles. The Labute approximate surface area is 294 Å². The number of pyridine rings is 2. The summed E-state index contributed by atoms with van der Waals surface area (Å²) in [6, 6.07) is 4.83. The van der Waals surface area contributed by atoms with E-state index in [4.69, 9.17) is 9.47 Å². The highest BCUT2D eigenvalue weighted by Crippen LogP contribution is 2.39. The van der Waals surface area contributed by atoms with E-state index in [1.54, 1.807) is 30.5 Å². The first-order valence-corrected chi connectivity index (χ1v) is 16.9. The third-order valence-electron chi connectivity index (χ3n) is 8.26. The number of fused-ring (bicyclic) bond motifs is 1. The summed E-state index contributed by atoms with van der Waals surface area (Å²) in [7, 11) is 0. The van der Waals surface area contributed by atoms with Gasteiger partial charge in [-0.15, -0.1) is 11.3 Å². The predicted octanol–water partition coefficient (Wildman–Crippen LogP) is 6.32. The molecule has 1 unspecified atom stereocenters. The van der Waals surface area contributed by atoms with Crippen molar-refractivity contribution in [3.63, 3.8) is 0 Å². The van der Waals surface area contributed by atoms with Crippen molar-refractivity contribution in [3.8, 4) is 21.7 Å². The first-order valence-electron chi connectivity index (χ1n) is 16.1. The molecule has 0 aliphatic carbocycles. The van der Waals surface area contributed by atoms with Gasteiger partial charge in [-0.1, -0.05) is 26.8 Å². The molecule has 13 nitrogen and oxygen atoms in total. The zero-order valence-corrected chi connectivity index (χ0v) is 29.3. The maximum atomic E-state index is 13.9. The van der Waals surface area contributed by atoms with Gasteiger partial charge in [-0.3, -0.25) is 15.0 Å². The molecule has 3 N–H and O–H groups in total. The molecular weight excluding hydrogens is 693 g/mol. The Morgan fingerprint density at radius 2 is 1.88 bits per heavy atom. The van der Waals surface area contributed by atoms with Crippen LogP contribution in [0.5, 0.6) is 0 Å². The fraction of sp³-hybridized carbons (Fsp3) is 0.412. The lowest BCUT2D eigenvalue weighted by atomic mass is 9.83. The van der Waals surface area contributed by atoms with Gasteiger partial charge in [-0.2, -0.15) is 13.2 Å². The zero-order valence-electron chi connectivity index (χ0n) is 28.5. The standard InChI is InChI=1S/C34H37F3N6O7S/c1-6-38-31(46)41-26-13-19(29-40-25(17-51-29)34(35,36)37)21(14-39-26)18-8-9-23-20(12-18)27(44)22(30(45)49-7-2)15-42(23)16-24-28(33(3,4)5)50-11-10-43(24)32(47)48/h8-9,12-15,17,24,28H,6-7,10-11,16H2,1-5H3,(H,47,48)(H2,38,39,41,46)/t24?,28-/m1/s1. The van der Waals surface area contributed by atoms with E-state index in [2.05, 4.69) is 20.6 Å². The second kappa shape index (κ2) is 14.7. The van der Waals surface area contributed by atoms with Crippen LogP contribution in [0.4, 0.5) is 28.6 Å². The van der Waals surface area contributed by atoms with Crippen LogP contribution in [0.25, 0.3) is 32.6 Å². The van der Waals surface area contributed by atoms with E-state index < -0.39 is 53.0 Å². The molecule has 1 saturated heterocycles. The quantitative estimate of drug-likeness (QED) is 0.176. The van der Waals surface area contributed by atoms with Gasteiger partial charge in [0, 0.05) is 53.9 Å². The van der Waals surface area contributed by atoms with Crippen molar-refractivity contribution >= 4 is 46.2 Å². The molecule has 1 aliphatic rings. The summed E-state index contributed by atoms with van der Waals surface area (Å²) in [5, 5.41) is 16.1. The molecule has 3 amide bonds. The number of alkyl halides is 3. The molecule has 1 fully saturated rings. The monoisotopic (exact) mass is 730 g/mol. The van der Waals surface area contributed by atoms with Crippen molar-refractivity contribution in [3.05, 3.63) is 63.5 Å². The number of aromatic nitrogens is 3. The Bertz CT molecular complexity index is 2020. The smallest absolute Gasteiger partial charge is 0.434 e. The summed E-state index contributed by atoms with van der Waals surface area (Å²) in [6.07, 6.45) is -3.69. The van der Waals surface area contributed by atoms with Crippen LogP contribution in [0, 0.1) is 5.41 Å². The lowest BCUT2D eigenvalue weighted by Crippen LogP contribution is -2.58. The van der Waals surface area contributed by atoms with Crippen molar-refractivity contribution in [2.24, 2.45) is 5.41 Å². The number of carbonyl (C=O) groups excluding carboxylic acids is 2. The van der Waals surface area contributed by atoms with Crippen LogP contribution in [0.2, 0.25) is 0 Å². The second-order valence-electron chi connectivity index (χ2n) is 12.8. The number of halogens is 3. The van der Waals surface area contributed by atoms with Crippen LogP contribution >= 0.6 is 11.3 Å². The summed E-state index contributed by atoms with van der Waals surface area (Å²) < 4.78 is 53.6. The number of carbonyl (C=O) groups is 3. The van der Waals surface area contributed by atoms with Crippen LogP contribution in [0.3, 0.4) is 0 Å². The number of anilines is 1. The first kappa shape index (κ1) is 37.2. The molecule has 1 aromatic carbocycles. The van der Waals surface area contributed by atoms with Gasteiger partial charge in [-0.25, -0.2) is 24.4 Å². The number of ether oxygens (including phenoxy) is 2. The Balaban J connectivity index is 1.70. The molecule has 0 radical (unpaired) electrons. The number of nitrogens with one attached hydrogen (secondary N) is 2. The Morgan fingerprint density at radius 1 is 1.14 bits per heavy atom. The number of urea groups is 1. The highest BCUT2D eigenvalue weighted by atomic mass is 32.1. The number of rotatable bonds is 8. The number of hydrogen-bond acceptors (Lipinski definition) is 9. The van der Waals surface area contributed by atoms with E-state index in [0.29, 0.717) is 23.2 Å². The largest absolute Gasteiger partial charge is 0.465 e. The maximum Gasteiger partial charge on any atom is 0.434 e. The minimum Gasteiger partial charge on any atom is -0.465 e. The van der Waals surface area contributed by atoms with E-state index in [1.807, 2.05) is 20.8 Å². The highest BCUT2D eigenvalue weighted by molar-refractivity contribution is 7.13. The summed E-state index contributed by atoms with van der Waals surface area (Å²) in [4.78, 5) is 61.0. The van der Waals surface area contributed by atoms with Gasteiger partial charge in [0.05, 0.1) is 30.9 Å². The fourth-order valence-corrected chi connectivity index (χ4v) is 6.89. The van der Waals surface area contributed by atoms with Crippen molar-refractivity contribution in [2.45, 2.75) is 59.5 Å². The third kappa shape index (κ3) is 7.99. The van der Waals surface area contributed by atoms with Crippen LogP contribution < -0.4 is 16.1 Å². The van der Waals surface area contributed by atoms with Gasteiger partial charge in [0.25, 0.3) is 0 Å². The van der Waals surface area contributed by atoms with Gasteiger partial charge in [0.1, 0.15) is 16.4 Å². The number of amides is 3. The molecular formula is C34H37F3N6O7S. The molecule has 51 heavy (non-hydrogen) atoms.